The van der Waals surface area contributed by atoms with Gasteiger partial charge in [0.2, 0.25) is 5.91 Å². The minimum Gasteiger partial charge on any atom is -0.378 e. The lowest BCUT2D eigenvalue weighted by molar-refractivity contribution is -0.129. The van der Waals surface area contributed by atoms with E-state index in [1.807, 2.05) is 11.0 Å². The molecule has 108 valence electrons. The molecule has 1 unspecified atom stereocenters. The Morgan fingerprint density at radius 3 is 2.95 bits per heavy atom. The second-order valence-electron chi connectivity index (χ2n) is 4.64. The molecule has 1 saturated heterocycles. The van der Waals surface area contributed by atoms with Gasteiger partial charge in [0.05, 0.1) is 13.2 Å². The number of rotatable bonds is 4. The second kappa shape index (κ2) is 6.47. The molecule has 1 heterocycles. The van der Waals surface area contributed by atoms with E-state index in [4.69, 9.17) is 16.3 Å². The Balaban J connectivity index is 2.12. The first kappa shape index (κ1) is 14.4. The molecular formula is C13H18N4O3. The van der Waals surface area contributed by atoms with E-state index >= 15 is 0 Å². The topological polar surface area (TPSA) is 111 Å². The lowest BCUT2D eigenvalue weighted by Gasteiger charge is -2.33. The molecule has 1 aliphatic rings. The largest absolute Gasteiger partial charge is 0.378 e. The van der Waals surface area contributed by atoms with Crippen molar-refractivity contribution in [3.05, 3.63) is 35.4 Å². The summed E-state index contributed by atoms with van der Waals surface area (Å²) in [5.41, 5.74) is 8.86. The van der Waals surface area contributed by atoms with Gasteiger partial charge in [0.1, 0.15) is 6.04 Å². The highest BCUT2D eigenvalue weighted by Gasteiger charge is 2.27. The molecule has 0 saturated carbocycles. The smallest absolute Gasteiger partial charge is 0.265 e. The van der Waals surface area contributed by atoms with Gasteiger partial charge < -0.3 is 10.5 Å². The molecule has 20 heavy (non-hydrogen) atoms. The van der Waals surface area contributed by atoms with Gasteiger partial charge in [-0.1, -0.05) is 12.1 Å². The standard InChI is InChI=1S/C13H18N4O3/c14-12(18)11-8-20-5-4-17(11)7-9-2-1-3-10(6-9)13(19)16-15/h1-3,6,11H,4-5,7-8,15H2,(H2,14,18)(H,16,19). The van der Waals surface area contributed by atoms with Crippen molar-refractivity contribution in [1.29, 1.82) is 0 Å². The van der Waals surface area contributed by atoms with Crippen LogP contribution in [-0.4, -0.2) is 42.5 Å². The summed E-state index contributed by atoms with van der Waals surface area (Å²) in [4.78, 5) is 24.8. The summed E-state index contributed by atoms with van der Waals surface area (Å²) < 4.78 is 5.27. The van der Waals surface area contributed by atoms with Crippen LogP contribution in [0, 0.1) is 0 Å². The van der Waals surface area contributed by atoms with Crippen LogP contribution < -0.4 is 17.0 Å². The van der Waals surface area contributed by atoms with Gasteiger partial charge in [-0.3, -0.25) is 19.9 Å². The number of primary amides is 1. The number of hydrogen-bond acceptors (Lipinski definition) is 5. The molecule has 1 aromatic rings. The number of amides is 2. The first-order chi connectivity index (χ1) is 9.61. The van der Waals surface area contributed by atoms with Crippen molar-refractivity contribution >= 4 is 11.8 Å². The molecule has 0 aliphatic carbocycles. The predicted molar refractivity (Wildman–Crippen MR) is 72.3 cm³/mol. The van der Waals surface area contributed by atoms with Crippen LogP contribution in [0.25, 0.3) is 0 Å². The number of nitrogens with zero attached hydrogens (tertiary/aromatic N) is 1. The fraction of sp³-hybridized carbons (Fsp3) is 0.385. The minimum absolute atomic E-state index is 0.304. The molecule has 7 nitrogen and oxygen atoms in total. The average molecular weight is 278 g/mol. The molecule has 5 N–H and O–H groups in total. The Labute approximate surface area is 116 Å². The van der Waals surface area contributed by atoms with Gasteiger partial charge in [-0.05, 0) is 17.7 Å². The molecule has 2 amide bonds. The highest BCUT2D eigenvalue weighted by atomic mass is 16.5. The second-order valence-corrected chi connectivity index (χ2v) is 4.64. The SMILES string of the molecule is NNC(=O)c1cccc(CN2CCOCC2C(N)=O)c1. The van der Waals surface area contributed by atoms with Gasteiger partial charge in [-0.15, -0.1) is 0 Å². The van der Waals surface area contributed by atoms with E-state index in [0.717, 1.165) is 5.56 Å². The van der Waals surface area contributed by atoms with E-state index in [1.165, 1.54) is 0 Å². The van der Waals surface area contributed by atoms with Crippen molar-refractivity contribution in [3.63, 3.8) is 0 Å². The Kier molecular flexibility index (Phi) is 4.67. The van der Waals surface area contributed by atoms with Crippen molar-refractivity contribution in [2.75, 3.05) is 19.8 Å². The first-order valence-electron chi connectivity index (χ1n) is 6.33. The van der Waals surface area contributed by atoms with Gasteiger partial charge in [-0.2, -0.15) is 0 Å². The van der Waals surface area contributed by atoms with Crippen molar-refractivity contribution in [2.45, 2.75) is 12.6 Å². The lowest BCUT2D eigenvalue weighted by atomic mass is 10.1. The van der Waals surface area contributed by atoms with Crippen LogP contribution in [0.4, 0.5) is 0 Å². The Bertz CT molecular complexity index is 506. The third kappa shape index (κ3) is 3.32. The average Bonchev–Trinajstić information content (AvgIpc) is 2.47. The van der Waals surface area contributed by atoms with Gasteiger partial charge in [-0.25, -0.2) is 5.84 Å². The van der Waals surface area contributed by atoms with E-state index in [-0.39, 0.29) is 5.91 Å². The summed E-state index contributed by atoms with van der Waals surface area (Å²) in [7, 11) is 0. The molecular weight excluding hydrogens is 260 g/mol. The molecule has 7 heteroatoms. The number of hydrazine groups is 1. The molecule has 1 fully saturated rings. The summed E-state index contributed by atoms with van der Waals surface area (Å²) in [6.45, 7) is 2.02. The summed E-state index contributed by atoms with van der Waals surface area (Å²) in [6.07, 6.45) is 0. The number of carbonyl (C=O) groups is 2. The van der Waals surface area contributed by atoms with Gasteiger partial charge in [0, 0.05) is 18.7 Å². The van der Waals surface area contributed by atoms with Crippen LogP contribution in [0.5, 0.6) is 0 Å². The summed E-state index contributed by atoms with van der Waals surface area (Å²) >= 11 is 0. The van der Waals surface area contributed by atoms with Gasteiger partial charge in [0.15, 0.2) is 0 Å². The maximum Gasteiger partial charge on any atom is 0.265 e. The van der Waals surface area contributed by atoms with E-state index in [1.54, 1.807) is 18.2 Å². The van der Waals surface area contributed by atoms with Crippen LogP contribution in [0.15, 0.2) is 24.3 Å². The number of benzene rings is 1. The molecule has 0 radical (unpaired) electrons. The highest BCUT2D eigenvalue weighted by Crippen LogP contribution is 2.13. The first-order valence-corrected chi connectivity index (χ1v) is 6.33. The molecule has 0 spiro atoms. The Hall–Kier alpha value is -1.96. The van der Waals surface area contributed by atoms with E-state index in [0.29, 0.717) is 31.9 Å². The zero-order chi connectivity index (χ0) is 14.5. The van der Waals surface area contributed by atoms with Crippen LogP contribution in [0.3, 0.4) is 0 Å². The summed E-state index contributed by atoms with van der Waals surface area (Å²) in [5, 5.41) is 0. The fourth-order valence-corrected chi connectivity index (χ4v) is 2.22. The summed E-state index contributed by atoms with van der Waals surface area (Å²) in [5.74, 6) is 4.36. The van der Waals surface area contributed by atoms with Crippen molar-refractivity contribution < 1.29 is 14.3 Å². The number of nitrogens with two attached hydrogens (primary N) is 2. The van der Waals surface area contributed by atoms with Crippen molar-refractivity contribution in [2.24, 2.45) is 11.6 Å². The third-order valence-corrected chi connectivity index (χ3v) is 3.27. The van der Waals surface area contributed by atoms with Crippen LogP contribution >= 0.6 is 0 Å². The molecule has 0 aromatic heterocycles. The van der Waals surface area contributed by atoms with Gasteiger partial charge in [0.25, 0.3) is 5.91 Å². The number of morpholine rings is 1. The zero-order valence-electron chi connectivity index (χ0n) is 11.0. The van der Waals surface area contributed by atoms with E-state index in [2.05, 4.69) is 5.43 Å². The number of nitrogen functional groups attached to an aromatic ring is 1. The number of nitrogens with one attached hydrogen (secondary N) is 1. The number of ether oxygens (including phenoxy) is 1. The molecule has 1 atom stereocenters. The Morgan fingerprint density at radius 2 is 2.25 bits per heavy atom. The Morgan fingerprint density at radius 1 is 1.45 bits per heavy atom. The maximum atomic E-state index is 11.5. The van der Waals surface area contributed by atoms with E-state index < -0.39 is 11.9 Å². The van der Waals surface area contributed by atoms with Gasteiger partial charge >= 0.3 is 0 Å². The number of carbonyl (C=O) groups excluding carboxylic acids is 2. The van der Waals surface area contributed by atoms with Crippen LogP contribution in [0.2, 0.25) is 0 Å². The van der Waals surface area contributed by atoms with Crippen LogP contribution in [0.1, 0.15) is 15.9 Å². The normalized spacial score (nSPS) is 19.6. The highest BCUT2D eigenvalue weighted by molar-refractivity contribution is 5.93. The molecule has 1 aliphatic heterocycles. The quantitative estimate of drug-likeness (QED) is 0.371. The third-order valence-electron chi connectivity index (χ3n) is 3.27. The molecule has 0 bridgehead atoms. The van der Waals surface area contributed by atoms with Crippen LogP contribution in [-0.2, 0) is 16.1 Å². The van der Waals surface area contributed by atoms with E-state index in [9.17, 15) is 9.59 Å². The zero-order valence-corrected chi connectivity index (χ0v) is 11.0. The lowest BCUT2D eigenvalue weighted by Crippen LogP contribution is -2.51. The fourth-order valence-electron chi connectivity index (χ4n) is 2.22. The summed E-state index contributed by atoms with van der Waals surface area (Å²) in [6, 6.07) is 6.66. The number of hydrogen-bond donors (Lipinski definition) is 3. The monoisotopic (exact) mass is 278 g/mol. The molecule has 2 rings (SSSR count). The van der Waals surface area contributed by atoms with Crippen molar-refractivity contribution in [1.82, 2.24) is 10.3 Å². The molecule has 1 aromatic carbocycles. The minimum atomic E-state index is -0.434. The maximum absolute atomic E-state index is 11.5. The predicted octanol–water partition coefficient (Wildman–Crippen LogP) is -1.02. The van der Waals surface area contributed by atoms with Crippen molar-refractivity contribution in [3.8, 4) is 0 Å².